The van der Waals surface area contributed by atoms with Crippen molar-refractivity contribution in [1.29, 1.82) is 0 Å². The number of unbranched alkanes of at least 4 members (excludes halogenated alkanes) is 25. The first-order valence-corrected chi connectivity index (χ1v) is 17.3. The molecule has 0 aliphatic rings. The van der Waals surface area contributed by atoms with Crippen molar-refractivity contribution in [3.63, 3.8) is 0 Å². The van der Waals surface area contributed by atoms with Crippen LogP contribution < -0.4 is 0 Å². The normalized spacial score (nSPS) is 12.4. The number of hydrogen-bond acceptors (Lipinski definition) is 3. The predicted molar refractivity (Wildman–Crippen MR) is 161 cm³/mol. The Kier molecular flexibility index (Phi) is 32.5. The smallest absolute Gasteiger partial charge is 0.0630 e. The van der Waals surface area contributed by atoms with Crippen molar-refractivity contribution in [3.05, 3.63) is 0 Å². The zero-order chi connectivity index (χ0) is 25.5. The molecular weight excluding hydrogens is 448 g/mol. The third kappa shape index (κ3) is 32.2. The second-order valence-corrected chi connectivity index (χ2v) is 12.2. The van der Waals surface area contributed by atoms with Crippen LogP contribution in [0.3, 0.4) is 0 Å². The van der Waals surface area contributed by atoms with Crippen molar-refractivity contribution >= 4 is 11.8 Å². The van der Waals surface area contributed by atoms with Gasteiger partial charge in [-0.05, 0) is 6.42 Å². The standard InChI is InChI=1S/C32H66O2S/c1-2-3-4-5-6-7-8-9-10-11-12-13-14-15-16-17-18-19-20-21-22-23-24-25-26-27-28-32(34)31-35-30-29-33/h32-34H,2-31H2,1H3. The summed E-state index contributed by atoms with van der Waals surface area (Å²) in [6, 6.07) is 0. The van der Waals surface area contributed by atoms with Gasteiger partial charge in [-0.25, -0.2) is 0 Å². The van der Waals surface area contributed by atoms with Gasteiger partial charge in [-0.2, -0.15) is 11.8 Å². The molecule has 0 spiro atoms. The third-order valence-electron chi connectivity index (χ3n) is 7.44. The van der Waals surface area contributed by atoms with E-state index in [1.165, 1.54) is 161 Å². The zero-order valence-electron chi connectivity index (χ0n) is 24.1. The van der Waals surface area contributed by atoms with Crippen LogP contribution in [0.25, 0.3) is 0 Å². The molecule has 35 heavy (non-hydrogen) atoms. The largest absolute Gasteiger partial charge is 0.396 e. The molecule has 0 saturated carbocycles. The van der Waals surface area contributed by atoms with E-state index in [4.69, 9.17) is 5.11 Å². The van der Waals surface area contributed by atoms with Crippen molar-refractivity contribution in [2.24, 2.45) is 0 Å². The number of aliphatic hydroxyl groups excluding tert-OH is 2. The Labute approximate surface area is 226 Å². The average molecular weight is 515 g/mol. The van der Waals surface area contributed by atoms with Gasteiger partial charge in [-0.3, -0.25) is 0 Å². The van der Waals surface area contributed by atoms with Crippen molar-refractivity contribution in [2.75, 3.05) is 18.1 Å². The van der Waals surface area contributed by atoms with Gasteiger partial charge in [-0.1, -0.05) is 174 Å². The Bertz CT molecular complexity index is 363. The first-order chi connectivity index (χ1) is 17.3. The van der Waals surface area contributed by atoms with Gasteiger partial charge < -0.3 is 10.2 Å². The van der Waals surface area contributed by atoms with E-state index in [0.29, 0.717) is 0 Å². The van der Waals surface area contributed by atoms with E-state index < -0.39 is 0 Å². The van der Waals surface area contributed by atoms with Crippen LogP contribution in [0.5, 0.6) is 0 Å². The molecule has 0 fully saturated rings. The van der Waals surface area contributed by atoms with Crippen LogP contribution in [0.2, 0.25) is 0 Å². The molecule has 0 amide bonds. The summed E-state index contributed by atoms with van der Waals surface area (Å²) >= 11 is 1.66. The van der Waals surface area contributed by atoms with Gasteiger partial charge in [0.25, 0.3) is 0 Å². The van der Waals surface area contributed by atoms with Crippen LogP contribution in [-0.4, -0.2) is 34.4 Å². The van der Waals surface area contributed by atoms with E-state index in [1.807, 2.05) is 0 Å². The first kappa shape index (κ1) is 35.3. The minimum Gasteiger partial charge on any atom is -0.396 e. The molecule has 0 aromatic carbocycles. The molecular formula is C32H66O2S. The fraction of sp³-hybridized carbons (Fsp3) is 1.00. The molecule has 0 rings (SSSR count). The highest BCUT2D eigenvalue weighted by Crippen LogP contribution is 2.16. The molecule has 2 nitrogen and oxygen atoms in total. The van der Waals surface area contributed by atoms with Crippen LogP contribution in [0.4, 0.5) is 0 Å². The van der Waals surface area contributed by atoms with E-state index in [-0.39, 0.29) is 12.7 Å². The Hall–Kier alpha value is 0.270. The fourth-order valence-electron chi connectivity index (χ4n) is 5.06. The molecule has 1 unspecified atom stereocenters. The van der Waals surface area contributed by atoms with E-state index in [2.05, 4.69) is 6.92 Å². The highest BCUT2D eigenvalue weighted by atomic mass is 32.2. The van der Waals surface area contributed by atoms with Gasteiger partial charge in [0, 0.05) is 11.5 Å². The van der Waals surface area contributed by atoms with Crippen LogP contribution in [-0.2, 0) is 0 Å². The lowest BCUT2D eigenvalue weighted by atomic mass is 10.0. The highest BCUT2D eigenvalue weighted by Gasteiger charge is 2.03. The van der Waals surface area contributed by atoms with Crippen LogP contribution >= 0.6 is 11.8 Å². The molecule has 212 valence electrons. The van der Waals surface area contributed by atoms with Gasteiger partial charge in [0.1, 0.15) is 0 Å². The second-order valence-electron chi connectivity index (χ2n) is 11.1. The molecule has 0 saturated heterocycles. The summed E-state index contributed by atoms with van der Waals surface area (Å²) in [5, 5.41) is 18.6. The maximum atomic E-state index is 9.86. The fourth-order valence-corrected chi connectivity index (χ4v) is 5.80. The molecule has 0 radical (unpaired) electrons. The quantitative estimate of drug-likeness (QED) is 0.0904. The molecule has 0 aromatic rings. The van der Waals surface area contributed by atoms with E-state index in [9.17, 15) is 5.11 Å². The van der Waals surface area contributed by atoms with E-state index in [1.54, 1.807) is 11.8 Å². The minimum atomic E-state index is -0.180. The lowest BCUT2D eigenvalue weighted by Crippen LogP contribution is -2.10. The number of aliphatic hydroxyl groups is 2. The van der Waals surface area contributed by atoms with Crippen LogP contribution in [0.1, 0.15) is 180 Å². The van der Waals surface area contributed by atoms with Crippen LogP contribution in [0.15, 0.2) is 0 Å². The van der Waals surface area contributed by atoms with Gasteiger partial charge in [0.05, 0.1) is 12.7 Å². The van der Waals surface area contributed by atoms with Gasteiger partial charge in [0.2, 0.25) is 0 Å². The Balaban J connectivity index is 3.05. The third-order valence-corrected chi connectivity index (χ3v) is 8.53. The summed E-state index contributed by atoms with van der Waals surface area (Å²) in [5.74, 6) is 1.52. The summed E-state index contributed by atoms with van der Waals surface area (Å²) in [4.78, 5) is 0. The SMILES string of the molecule is CCCCCCCCCCCCCCCCCCCCCCCCCCCCC(O)CSCCO. The predicted octanol–water partition coefficient (Wildman–Crippen LogP) is 10.6. The summed E-state index contributed by atoms with van der Waals surface area (Å²) in [5.41, 5.74) is 0. The molecule has 0 bridgehead atoms. The molecule has 0 aliphatic carbocycles. The highest BCUT2D eigenvalue weighted by molar-refractivity contribution is 7.99. The monoisotopic (exact) mass is 514 g/mol. The summed E-state index contributed by atoms with van der Waals surface area (Å²) in [6.45, 7) is 2.52. The first-order valence-electron chi connectivity index (χ1n) is 16.2. The van der Waals surface area contributed by atoms with E-state index >= 15 is 0 Å². The lowest BCUT2D eigenvalue weighted by Gasteiger charge is -2.09. The van der Waals surface area contributed by atoms with Crippen molar-refractivity contribution in [2.45, 2.75) is 186 Å². The molecule has 3 heteroatoms. The lowest BCUT2D eigenvalue weighted by molar-refractivity contribution is 0.184. The maximum absolute atomic E-state index is 9.86. The van der Waals surface area contributed by atoms with Crippen molar-refractivity contribution in [1.82, 2.24) is 0 Å². The molecule has 0 aliphatic heterocycles. The van der Waals surface area contributed by atoms with Gasteiger partial charge in [-0.15, -0.1) is 0 Å². The summed E-state index contributed by atoms with van der Waals surface area (Å²) in [6.07, 6.45) is 37.9. The topological polar surface area (TPSA) is 40.5 Å². The Morgan fingerprint density at radius 3 is 1.03 bits per heavy atom. The Morgan fingerprint density at radius 2 is 0.743 bits per heavy atom. The minimum absolute atomic E-state index is 0.180. The van der Waals surface area contributed by atoms with Crippen LogP contribution in [0, 0.1) is 0 Å². The van der Waals surface area contributed by atoms with E-state index in [0.717, 1.165) is 24.3 Å². The average Bonchev–Trinajstić information content (AvgIpc) is 2.86. The maximum Gasteiger partial charge on any atom is 0.0630 e. The Morgan fingerprint density at radius 1 is 0.457 bits per heavy atom. The molecule has 0 aromatic heterocycles. The number of hydrogen-bond donors (Lipinski definition) is 2. The molecule has 1 atom stereocenters. The van der Waals surface area contributed by atoms with Gasteiger partial charge in [0.15, 0.2) is 0 Å². The zero-order valence-corrected chi connectivity index (χ0v) is 24.9. The molecule has 2 N–H and O–H groups in total. The van der Waals surface area contributed by atoms with Gasteiger partial charge >= 0.3 is 0 Å². The van der Waals surface area contributed by atoms with Crippen molar-refractivity contribution < 1.29 is 10.2 Å². The van der Waals surface area contributed by atoms with Crippen molar-refractivity contribution in [3.8, 4) is 0 Å². The summed E-state index contributed by atoms with van der Waals surface area (Å²) in [7, 11) is 0. The number of thioether (sulfide) groups is 1. The number of rotatable bonds is 31. The second kappa shape index (κ2) is 32.3. The summed E-state index contributed by atoms with van der Waals surface area (Å²) < 4.78 is 0. The molecule has 0 heterocycles.